The lowest BCUT2D eigenvalue weighted by atomic mass is 10.2. The molecule has 104 valence electrons. The zero-order chi connectivity index (χ0) is 13.8. The Balaban J connectivity index is 1.94. The molecule has 1 fully saturated rings. The smallest absolute Gasteiger partial charge is 0.254 e. The zero-order valence-corrected chi connectivity index (χ0v) is 11.5. The molecule has 1 aliphatic rings. The van der Waals surface area contributed by atoms with E-state index in [0.717, 1.165) is 19.5 Å². The van der Waals surface area contributed by atoms with Crippen LogP contribution in [-0.2, 0) is 0 Å². The summed E-state index contributed by atoms with van der Waals surface area (Å²) in [5, 5.41) is 2.96. The predicted octanol–water partition coefficient (Wildman–Crippen LogP) is 0.581. The maximum absolute atomic E-state index is 12.1. The van der Waals surface area contributed by atoms with Gasteiger partial charge >= 0.3 is 0 Å². The summed E-state index contributed by atoms with van der Waals surface area (Å²) in [6, 6.07) is 0.448. The quantitative estimate of drug-likeness (QED) is 0.830. The maximum atomic E-state index is 12.1. The fraction of sp³-hybridized carbons (Fsp3) is 0.615. The molecule has 2 heterocycles. The highest BCUT2D eigenvalue weighted by Gasteiger charge is 2.23. The van der Waals surface area contributed by atoms with Crippen molar-refractivity contribution in [3.8, 4) is 0 Å². The van der Waals surface area contributed by atoms with E-state index in [1.165, 1.54) is 12.6 Å². The van der Waals surface area contributed by atoms with Gasteiger partial charge in [-0.05, 0) is 32.9 Å². The number of anilines is 1. The Labute approximate surface area is 113 Å². The Morgan fingerprint density at radius 2 is 2.42 bits per heavy atom. The van der Waals surface area contributed by atoms with Gasteiger partial charge in [-0.2, -0.15) is 0 Å². The summed E-state index contributed by atoms with van der Waals surface area (Å²) in [6.07, 6.45) is 3.84. The van der Waals surface area contributed by atoms with Crippen LogP contribution in [0, 0.1) is 6.92 Å². The fourth-order valence-corrected chi connectivity index (χ4v) is 2.56. The second-order valence-electron chi connectivity index (χ2n) is 4.86. The fourth-order valence-electron chi connectivity index (χ4n) is 2.56. The van der Waals surface area contributed by atoms with Crippen LogP contribution in [0.5, 0.6) is 0 Å². The van der Waals surface area contributed by atoms with Crippen LogP contribution in [0.15, 0.2) is 6.20 Å². The number of aryl methyl sites for hydroxylation is 1. The van der Waals surface area contributed by atoms with E-state index in [1.54, 1.807) is 6.92 Å². The largest absolute Gasteiger partial charge is 0.368 e. The molecule has 1 amide bonds. The normalized spacial score (nSPS) is 19.6. The van der Waals surface area contributed by atoms with Crippen molar-refractivity contribution in [2.75, 3.05) is 25.4 Å². The number of rotatable bonds is 4. The van der Waals surface area contributed by atoms with Gasteiger partial charge in [0.05, 0.1) is 11.3 Å². The number of likely N-dealkylation sites (N-methyl/N-ethyl adjacent to an activating group) is 1. The average molecular weight is 263 g/mol. The number of aromatic nitrogens is 2. The van der Waals surface area contributed by atoms with Crippen LogP contribution in [0.4, 0.5) is 5.95 Å². The minimum Gasteiger partial charge on any atom is -0.368 e. The Kier molecular flexibility index (Phi) is 4.31. The lowest BCUT2D eigenvalue weighted by molar-refractivity contribution is 0.0940. The Morgan fingerprint density at radius 3 is 3.11 bits per heavy atom. The summed E-state index contributed by atoms with van der Waals surface area (Å²) in [5.74, 6) is 0.0717. The summed E-state index contributed by atoms with van der Waals surface area (Å²) >= 11 is 0. The maximum Gasteiger partial charge on any atom is 0.254 e. The number of likely N-dealkylation sites (tertiary alicyclic amines) is 1. The first-order valence-corrected chi connectivity index (χ1v) is 6.73. The van der Waals surface area contributed by atoms with Gasteiger partial charge in [0.15, 0.2) is 0 Å². The Hall–Kier alpha value is -1.69. The van der Waals surface area contributed by atoms with Gasteiger partial charge in [0.1, 0.15) is 0 Å². The standard InChI is InChI=1S/C13H21N5O/c1-3-18-6-4-5-10(18)7-15-12(19)11-8-16-13(14)17-9(11)2/h8,10H,3-7H2,1-2H3,(H,15,19)(H2,14,16,17). The summed E-state index contributed by atoms with van der Waals surface area (Å²) in [6.45, 7) is 6.75. The molecule has 0 radical (unpaired) electrons. The predicted molar refractivity (Wildman–Crippen MR) is 73.8 cm³/mol. The highest BCUT2D eigenvalue weighted by Crippen LogP contribution is 2.15. The van der Waals surface area contributed by atoms with E-state index in [-0.39, 0.29) is 11.9 Å². The first kappa shape index (κ1) is 13.7. The summed E-state index contributed by atoms with van der Waals surface area (Å²) in [5.41, 5.74) is 6.59. The molecule has 0 aliphatic carbocycles. The Bertz CT molecular complexity index is 462. The van der Waals surface area contributed by atoms with E-state index in [4.69, 9.17) is 5.73 Å². The highest BCUT2D eigenvalue weighted by molar-refractivity contribution is 5.94. The summed E-state index contributed by atoms with van der Waals surface area (Å²) in [4.78, 5) is 22.3. The van der Waals surface area contributed by atoms with E-state index in [9.17, 15) is 4.79 Å². The molecular formula is C13H21N5O. The number of nitrogens with zero attached hydrogens (tertiary/aromatic N) is 3. The van der Waals surface area contributed by atoms with Crippen molar-refractivity contribution >= 4 is 11.9 Å². The molecule has 0 bridgehead atoms. The van der Waals surface area contributed by atoms with Crippen molar-refractivity contribution in [2.24, 2.45) is 0 Å². The third-order valence-corrected chi connectivity index (χ3v) is 3.65. The van der Waals surface area contributed by atoms with Gasteiger partial charge in [-0.1, -0.05) is 6.92 Å². The number of hydrogen-bond acceptors (Lipinski definition) is 5. The van der Waals surface area contributed by atoms with Gasteiger partial charge in [-0.3, -0.25) is 9.69 Å². The van der Waals surface area contributed by atoms with E-state index in [1.807, 2.05) is 0 Å². The molecule has 1 saturated heterocycles. The van der Waals surface area contributed by atoms with Gasteiger partial charge in [0.25, 0.3) is 5.91 Å². The molecule has 1 atom stereocenters. The lowest BCUT2D eigenvalue weighted by Gasteiger charge is -2.22. The van der Waals surface area contributed by atoms with Gasteiger partial charge < -0.3 is 11.1 Å². The van der Waals surface area contributed by atoms with Crippen molar-refractivity contribution in [3.63, 3.8) is 0 Å². The van der Waals surface area contributed by atoms with Gasteiger partial charge in [0, 0.05) is 18.8 Å². The van der Waals surface area contributed by atoms with Crippen molar-refractivity contribution < 1.29 is 4.79 Å². The highest BCUT2D eigenvalue weighted by atomic mass is 16.1. The van der Waals surface area contributed by atoms with E-state index in [2.05, 4.69) is 27.1 Å². The third kappa shape index (κ3) is 3.20. The number of nitrogens with one attached hydrogen (secondary N) is 1. The van der Waals surface area contributed by atoms with Gasteiger partial charge in [-0.25, -0.2) is 9.97 Å². The molecule has 1 aromatic heterocycles. The van der Waals surface area contributed by atoms with Crippen molar-refractivity contribution in [2.45, 2.75) is 32.7 Å². The third-order valence-electron chi connectivity index (χ3n) is 3.65. The van der Waals surface area contributed by atoms with Crippen LogP contribution in [0.2, 0.25) is 0 Å². The number of nitrogens with two attached hydrogens (primary N) is 1. The van der Waals surface area contributed by atoms with Crippen molar-refractivity contribution in [3.05, 3.63) is 17.5 Å². The number of carbonyl (C=O) groups excluding carboxylic acids is 1. The van der Waals surface area contributed by atoms with Crippen LogP contribution >= 0.6 is 0 Å². The number of nitrogen functional groups attached to an aromatic ring is 1. The molecule has 19 heavy (non-hydrogen) atoms. The summed E-state index contributed by atoms with van der Waals surface area (Å²) < 4.78 is 0. The first-order valence-electron chi connectivity index (χ1n) is 6.73. The van der Waals surface area contributed by atoms with E-state index in [0.29, 0.717) is 23.8 Å². The van der Waals surface area contributed by atoms with Crippen LogP contribution in [0.25, 0.3) is 0 Å². The summed E-state index contributed by atoms with van der Waals surface area (Å²) in [7, 11) is 0. The molecule has 6 heteroatoms. The molecule has 0 spiro atoms. The average Bonchev–Trinajstić information content (AvgIpc) is 2.83. The van der Waals surface area contributed by atoms with Crippen LogP contribution in [-0.4, -0.2) is 46.5 Å². The molecule has 6 nitrogen and oxygen atoms in total. The number of hydrogen-bond donors (Lipinski definition) is 2. The van der Waals surface area contributed by atoms with Crippen molar-refractivity contribution in [1.29, 1.82) is 0 Å². The van der Waals surface area contributed by atoms with Gasteiger partial charge in [0.2, 0.25) is 5.95 Å². The molecule has 1 aromatic rings. The minimum absolute atomic E-state index is 0.125. The minimum atomic E-state index is -0.125. The first-order chi connectivity index (χ1) is 9.11. The molecule has 0 saturated carbocycles. The van der Waals surface area contributed by atoms with E-state index >= 15 is 0 Å². The molecule has 1 aliphatic heterocycles. The molecule has 2 rings (SSSR count). The molecular weight excluding hydrogens is 242 g/mol. The van der Waals surface area contributed by atoms with Gasteiger partial charge in [-0.15, -0.1) is 0 Å². The van der Waals surface area contributed by atoms with E-state index < -0.39 is 0 Å². The second-order valence-corrected chi connectivity index (χ2v) is 4.86. The van der Waals surface area contributed by atoms with Crippen LogP contribution in [0.1, 0.15) is 35.8 Å². The topological polar surface area (TPSA) is 84.1 Å². The SMILES string of the molecule is CCN1CCCC1CNC(=O)c1cnc(N)nc1C. The lowest BCUT2D eigenvalue weighted by Crippen LogP contribution is -2.40. The molecule has 3 N–H and O–H groups in total. The Morgan fingerprint density at radius 1 is 1.63 bits per heavy atom. The molecule has 1 unspecified atom stereocenters. The van der Waals surface area contributed by atoms with Crippen LogP contribution < -0.4 is 11.1 Å². The van der Waals surface area contributed by atoms with Crippen molar-refractivity contribution in [1.82, 2.24) is 20.2 Å². The zero-order valence-electron chi connectivity index (χ0n) is 11.5. The second kappa shape index (κ2) is 5.97. The van der Waals surface area contributed by atoms with Crippen LogP contribution in [0.3, 0.4) is 0 Å². The molecule has 0 aromatic carbocycles. The number of carbonyl (C=O) groups is 1. The number of amides is 1. The monoisotopic (exact) mass is 263 g/mol.